The molecule has 152 valence electrons. The number of rotatable bonds is 8. The van der Waals surface area contributed by atoms with E-state index in [1.165, 1.54) is 6.92 Å². The van der Waals surface area contributed by atoms with Crippen molar-refractivity contribution in [3.63, 3.8) is 0 Å². The molecule has 28 heavy (non-hydrogen) atoms. The van der Waals surface area contributed by atoms with Crippen LogP contribution in [0.15, 0.2) is 24.3 Å². The van der Waals surface area contributed by atoms with Gasteiger partial charge in [0.1, 0.15) is 5.78 Å². The van der Waals surface area contributed by atoms with Gasteiger partial charge in [-0.1, -0.05) is 36.8 Å². The minimum absolute atomic E-state index is 0.147. The van der Waals surface area contributed by atoms with Gasteiger partial charge in [0.2, 0.25) is 6.54 Å². The molecule has 0 aromatic heterocycles. The van der Waals surface area contributed by atoms with Crippen LogP contribution in [-0.4, -0.2) is 35.2 Å². The number of amides is 1. The summed E-state index contributed by atoms with van der Waals surface area (Å²) in [5.41, 5.74) is 2.04. The second-order valence-electron chi connectivity index (χ2n) is 7.47. The van der Waals surface area contributed by atoms with E-state index in [2.05, 4.69) is 5.32 Å². The number of hydrogen-bond acceptors (Lipinski definition) is 6. The maximum atomic E-state index is 12.2. The van der Waals surface area contributed by atoms with Gasteiger partial charge in [0, 0.05) is 29.7 Å². The first-order valence-corrected chi connectivity index (χ1v) is 9.34. The summed E-state index contributed by atoms with van der Waals surface area (Å²) < 4.78 is 5.15. The molecule has 1 aliphatic carbocycles. The summed E-state index contributed by atoms with van der Waals surface area (Å²) in [6, 6.07) is 7.67. The number of nitrogens with one attached hydrogen (secondary N) is 1. The van der Waals surface area contributed by atoms with Gasteiger partial charge in [0.05, 0.1) is 6.42 Å². The van der Waals surface area contributed by atoms with Gasteiger partial charge in [0.15, 0.2) is 6.10 Å². The largest absolute Gasteiger partial charge is 0.453 e. The van der Waals surface area contributed by atoms with Crippen LogP contribution in [0, 0.1) is 34.8 Å². The van der Waals surface area contributed by atoms with E-state index in [0.29, 0.717) is 6.54 Å². The van der Waals surface area contributed by atoms with Gasteiger partial charge in [-0.15, -0.1) is 0 Å². The van der Waals surface area contributed by atoms with Gasteiger partial charge >= 0.3 is 5.97 Å². The lowest BCUT2D eigenvalue weighted by molar-refractivity contribution is -0.490. The molecule has 8 heteroatoms. The third-order valence-corrected chi connectivity index (χ3v) is 5.20. The molecule has 1 fully saturated rings. The predicted molar refractivity (Wildman–Crippen MR) is 101 cm³/mol. The van der Waals surface area contributed by atoms with Crippen LogP contribution in [0.1, 0.15) is 37.8 Å². The van der Waals surface area contributed by atoms with Crippen LogP contribution >= 0.6 is 0 Å². The molecule has 2 rings (SSSR count). The first-order chi connectivity index (χ1) is 13.2. The van der Waals surface area contributed by atoms with Crippen molar-refractivity contribution in [3.05, 3.63) is 45.5 Å². The van der Waals surface area contributed by atoms with E-state index in [4.69, 9.17) is 4.74 Å². The summed E-state index contributed by atoms with van der Waals surface area (Å²) in [5.74, 6) is -2.66. The molecule has 0 radical (unpaired) electrons. The molecule has 1 aromatic carbocycles. The first-order valence-electron chi connectivity index (χ1n) is 9.34. The number of nitro groups is 1. The lowest BCUT2D eigenvalue weighted by atomic mass is 9.88. The van der Waals surface area contributed by atoms with Crippen molar-refractivity contribution in [2.45, 2.75) is 46.3 Å². The third kappa shape index (κ3) is 5.87. The van der Waals surface area contributed by atoms with E-state index in [1.54, 1.807) is 6.92 Å². The van der Waals surface area contributed by atoms with Crippen LogP contribution in [-0.2, 0) is 25.7 Å². The molecule has 8 nitrogen and oxygen atoms in total. The monoisotopic (exact) mass is 390 g/mol. The Morgan fingerprint density at radius 2 is 1.96 bits per heavy atom. The van der Waals surface area contributed by atoms with Crippen LogP contribution in [0.25, 0.3) is 0 Å². The van der Waals surface area contributed by atoms with E-state index >= 15 is 0 Å². The maximum Gasteiger partial charge on any atom is 0.307 e. The Bertz CT molecular complexity index is 746. The summed E-state index contributed by atoms with van der Waals surface area (Å²) >= 11 is 0. The highest BCUT2D eigenvalue weighted by Gasteiger charge is 2.44. The summed E-state index contributed by atoms with van der Waals surface area (Å²) in [5, 5.41) is 13.5. The van der Waals surface area contributed by atoms with Gasteiger partial charge in [-0.2, -0.15) is 0 Å². The molecule has 0 unspecified atom stereocenters. The summed E-state index contributed by atoms with van der Waals surface area (Å²) in [6.07, 6.45) is -1.03. The average molecular weight is 390 g/mol. The maximum absolute atomic E-state index is 12.2. The highest BCUT2D eigenvalue weighted by molar-refractivity contribution is 5.89. The zero-order valence-electron chi connectivity index (χ0n) is 16.3. The Morgan fingerprint density at radius 1 is 1.32 bits per heavy atom. The Kier molecular flexibility index (Phi) is 7.25. The number of aryl methyl sites for hydroxylation is 1. The van der Waals surface area contributed by atoms with Gasteiger partial charge in [-0.05, 0) is 25.3 Å². The van der Waals surface area contributed by atoms with Crippen molar-refractivity contribution >= 4 is 17.7 Å². The molecule has 1 aromatic rings. The van der Waals surface area contributed by atoms with Crippen LogP contribution < -0.4 is 5.32 Å². The number of ether oxygens (including phenoxy) is 1. The minimum Gasteiger partial charge on any atom is -0.453 e. The van der Waals surface area contributed by atoms with Crippen LogP contribution in [0.3, 0.4) is 0 Å². The lowest BCUT2D eigenvalue weighted by Crippen LogP contribution is -2.36. The highest BCUT2D eigenvalue weighted by Crippen LogP contribution is 2.36. The number of esters is 1. The standard InChI is InChI=1S/C20H26N2O6/c1-12-4-6-15(7-5-12)10-21-20(25)14(3)28-19(24)9-16-17(11-22(26)27)13(2)8-18(16)23/h4-7,13-14,16-17H,8-11H2,1-3H3,(H,21,25)/t13-,14-,16+,17-/m1/s1. The fraction of sp³-hybridized carbons (Fsp3) is 0.550. The summed E-state index contributed by atoms with van der Waals surface area (Å²) in [7, 11) is 0. The number of carbonyl (C=O) groups is 3. The van der Waals surface area contributed by atoms with E-state index in [0.717, 1.165) is 11.1 Å². The molecule has 1 amide bonds. The Balaban J connectivity index is 1.85. The second kappa shape index (κ2) is 9.43. The fourth-order valence-corrected chi connectivity index (χ4v) is 3.52. The molecule has 1 N–H and O–H groups in total. The van der Waals surface area contributed by atoms with E-state index < -0.39 is 34.7 Å². The quantitative estimate of drug-likeness (QED) is 0.413. The van der Waals surface area contributed by atoms with Crippen molar-refractivity contribution < 1.29 is 24.0 Å². The van der Waals surface area contributed by atoms with Crippen molar-refractivity contribution in [2.75, 3.05) is 6.54 Å². The van der Waals surface area contributed by atoms with Crippen LogP contribution in [0.4, 0.5) is 0 Å². The first kappa shape index (κ1) is 21.5. The molecule has 0 aliphatic heterocycles. The highest BCUT2D eigenvalue weighted by atomic mass is 16.6. The Labute approximate surface area is 163 Å². The van der Waals surface area contributed by atoms with Gasteiger partial charge < -0.3 is 10.1 Å². The number of hydrogen-bond donors (Lipinski definition) is 1. The van der Waals surface area contributed by atoms with E-state index in [1.807, 2.05) is 31.2 Å². The molecule has 4 atom stereocenters. The Hall–Kier alpha value is -2.77. The summed E-state index contributed by atoms with van der Waals surface area (Å²) in [4.78, 5) is 46.8. The number of ketones is 1. The zero-order valence-corrected chi connectivity index (χ0v) is 16.3. The second-order valence-corrected chi connectivity index (χ2v) is 7.47. The van der Waals surface area contributed by atoms with Crippen molar-refractivity contribution in [1.29, 1.82) is 0 Å². The molecule has 1 saturated carbocycles. The van der Waals surface area contributed by atoms with Gasteiger partial charge in [-0.3, -0.25) is 24.5 Å². The van der Waals surface area contributed by atoms with E-state index in [-0.39, 0.29) is 31.1 Å². The van der Waals surface area contributed by atoms with Crippen molar-refractivity contribution in [2.24, 2.45) is 17.8 Å². The number of Topliss-reactive ketones (excluding diaryl/α,β-unsaturated/α-hetero) is 1. The number of nitrogens with zero attached hydrogens (tertiary/aromatic N) is 1. The van der Waals surface area contributed by atoms with Crippen LogP contribution in [0.2, 0.25) is 0 Å². The fourth-order valence-electron chi connectivity index (χ4n) is 3.52. The smallest absolute Gasteiger partial charge is 0.307 e. The average Bonchev–Trinajstić information content (AvgIpc) is 2.87. The SMILES string of the molecule is Cc1ccc(CNC(=O)[C@@H](C)OC(=O)C[C@@H]2C(=O)C[C@@H](C)[C@H]2C[N+](=O)[O-])cc1. The zero-order chi connectivity index (χ0) is 20.8. The lowest BCUT2D eigenvalue weighted by Gasteiger charge is -2.18. The van der Waals surface area contributed by atoms with Gasteiger partial charge in [-0.25, -0.2) is 0 Å². The molecule has 0 spiro atoms. The van der Waals surface area contributed by atoms with Gasteiger partial charge in [0.25, 0.3) is 5.91 Å². The number of carbonyl (C=O) groups excluding carboxylic acids is 3. The number of benzene rings is 1. The van der Waals surface area contributed by atoms with Crippen molar-refractivity contribution in [1.82, 2.24) is 5.32 Å². The summed E-state index contributed by atoms with van der Waals surface area (Å²) in [6.45, 7) is 5.16. The molecule has 0 bridgehead atoms. The third-order valence-electron chi connectivity index (χ3n) is 5.20. The Morgan fingerprint density at radius 3 is 2.57 bits per heavy atom. The minimum atomic E-state index is -1.01. The van der Waals surface area contributed by atoms with Crippen LogP contribution in [0.5, 0.6) is 0 Å². The predicted octanol–water partition coefficient (Wildman–Crippen LogP) is 2.05. The molecule has 1 aliphatic rings. The normalized spacial score (nSPS) is 22.5. The molecule has 0 heterocycles. The molecular weight excluding hydrogens is 364 g/mol. The topological polar surface area (TPSA) is 116 Å². The molecular formula is C20H26N2O6. The van der Waals surface area contributed by atoms with Crippen molar-refractivity contribution in [3.8, 4) is 0 Å². The van der Waals surface area contributed by atoms with E-state index in [9.17, 15) is 24.5 Å². The molecule has 0 saturated heterocycles.